The Morgan fingerprint density at radius 1 is 1.22 bits per heavy atom. The van der Waals surface area contributed by atoms with E-state index in [2.05, 4.69) is 25.2 Å². The molecule has 0 bridgehead atoms. The number of benzene rings is 2. The van der Waals surface area contributed by atoms with Crippen LogP contribution in [0.5, 0.6) is 0 Å². The SMILES string of the molecule is CC(C)c1ccc(NC(=O)N(C)Cc2cccc(C#N)c2)cc1. The van der Waals surface area contributed by atoms with E-state index in [1.807, 2.05) is 36.4 Å². The van der Waals surface area contributed by atoms with Gasteiger partial charge in [-0.15, -0.1) is 0 Å². The summed E-state index contributed by atoms with van der Waals surface area (Å²) < 4.78 is 0. The predicted molar refractivity (Wildman–Crippen MR) is 92.2 cm³/mol. The van der Waals surface area contributed by atoms with Crippen LogP contribution in [0.15, 0.2) is 48.5 Å². The van der Waals surface area contributed by atoms with Crippen molar-refractivity contribution in [2.75, 3.05) is 12.4 Å². The number of amides is 2. The van der Waals surface area contributed by atoms with E-state index in [4.69, 9.17) is 5.26 Å². The maximum Gasteiger partial charge on any atom is 0.321 e. The fourth-order valence-electron chi connectivity index (χ4n) is 2.26. The van der Waals surface area contributed by atoms with Crippen molar-refractivity contribution in [2.45, 2.75) is 26.3 Å². The maximum atomic E-state index is 12.2. The van der Waals surface area contributed by atoms with Gasteiger partial charge in [-0.2, -0.15) is 5.26 Å². The van der Waals surface area contributed by atoms with Gasteiger partial charge in [0.1, 0.15) is 0 Å². The van der Waals surface area contributed by atoms with Gasteiger partial charge in [0.05, 0.1) is 11.6 Å². The van der Waals surface area contributed by atoms with E-state index in [9.17, 15) is 4.79 Å². The highest BCUT2D eigenvalue weighted by Crippen LogP contribution is 2.17. The second kappa shape index (κ2) is 7.46. The summed E-state index contributed by atoms with van der Waals surface area (Å²) in [7, 11) is 1.73. The molecule has 4 heteroatoms. The van der Waals surface area contributed by atoms with E-state index in [1.54, 1.807) is 24.1 Å². The molecule has 4 nitrogen and oxygen atoms in total. The Hall–Kier alpha value is -2.80. The number of carbonyl (C=O) groups is 1. The van der Waals surface area contributed by atoms with E-state index < -0.39 is 0 Å². The third-order valence-electron chi connectivity index (χ3n) is 3.65. The second-order valence-corrected chi connectivity index (χ2v) is 5.88. The lowest BCUT2D eigenvalue weighted by atomic mass is 10.0. The zero-order valence-corrected chi connectivity index (χ0v) is 13.7. The van der Waals surface area contributed by atoms with Crippen LogP contribution in [0.1, 0.15) is 36.5 Å². The Labute approximate surface area is 137 Å². The molecule has 0 saturated carbocycles. The van der Waals surface area contributed by atoms with Crippen molar-refractivity contribution < 1.29 is 4.79 Å². The first-order valence-corrected chi connectivity index (χ1v) is 7.60. The monoisotopic (exact) mass is 307 g/mol. The first kappa shape index (κ1) is 16.6. The molecule has 0 fully saturated rings. The van der Waals surface area contributed by atoms with Crippen molar-refractivity contribution in [2.24, 2.45) is 0 Å². The second-order valence-electron chi connectivity index (χ2n) is 5.88. The van der Waals surface area contributed by atoms with Crippen LogP contribution in [0.4, 0.5) is 10.5 Å². The fraction of sp³-hybridized carbons (Fsp3) is 0.263. The Bertz CT molecular complexity index is 714. The first-order valence-electron chi connectivity index (χ1n) is 7.60. The molecule has 0 saturated heterocycles. The summed E-state index contributed by atoms with van der Waals surface area (Å²) >= 11 is 0. The molecule has 0 aliphatic rings. The molecule has 0 aliphatic heterocycles. The third kappa shape index (κ3) is 4.58. The average Bonchev–Trinajstić information content (AvgIpc) is 2.55. The lowest BCUT2D eigenvalue weighted by molar-refractivity contribution is 0.220. The summed E-state index contributed by atoms with van der Waals surface area (Å²) in [6.07, 6.45) is 0. The quantitative estimate of drug-likeness (QED) is 0.913. The Balaban J connectivity index is 1.98. The zero-order valence-electron chi connectivity index (χ0n) is 13.7. The minimum atomic E-state index is -0.176. The lowest BCUT2D eigenvalue weighted by Gasteiger charge is -2.18. The van der Waals surface area contributed by atoms with Crippen LogP contribution in [-0.2, 0) is 6.54 Å². The molecule has 0 radical (unpaired) electrons. The van der Waals surface area contributed by atoms with Gasteiger partial charge in [-0.3, -0.25) is 0 Å². The topological polar surface area (TPSA) is 56.1 Å². The van der Waals surface area contributed by atoms with Crippen molar-refractivity contribution >= 4 is 11.7 Å². The molecule has 2 aromatic rings. The molecular weight excluding hydrogens is 286 g/mol. The first-order chi connectivity index (χ1) is 11.0. The molecule has 2 aromatic carbocycles. The van der Waals surface area contributed by atoms with Gasteiger partial charge in [0.15, 0.2) is 0 Å². The lowest BCUT2D eigenvalue weighted by Crippen LogP contribution is -2.30. The maximum absolute atomic E-state index is 12.2. The van der Waals surface area contributed by atoms with Gasteiger partial charge < -0.3 is 10.2 Å². The summed E-state index contributed by atoms with van der Waals surface area (Å²) in [4.78, 5) is 13.8. The Morgan fingerprint density at radius 2 is 1.91 bits per heavy atom. The fourth-order valence-corrected chi connectivity index (χ4v) is 2.26. The zero-order chi connectivity index (χ0) is 16.8. The van der Waals surface area contributed by atoms with Crippen molar-refractivity contribution in [1.82, 2.24) is 4.90 Å². The van der Waals surface area contributed by atoms with Gasteiger partial charge in [-0.1, -0.05) is 38.1 Å². The smallest absolute Gasteiger partial charge is 0.321 e. The van der Waals surface area contributed by atoms with E-state index in [-0.39, 0.29) is 6.03 Å². The number of rotatable bonds is 4. The van der Waals surface area contributed by atoms with Gasteiger partial charge in [-0.25, -0.2) is 4.79 Å². The average molecular weight is 307 g/mol. The third-order valence-corrected chi connectivity index (χ3v) is 3.65. The summed E-state index contributed by atoms with van der Waals surface area (Å²) in [5, 5.41) is 11.8. The molecule has 2 amide bonds. The molecule has 118 valence electrons. The van der Waals surface area contributed by atoms with Crippen molar-refractivity contribution in [1.29, 1.82) is 5.26 Å². The minimum absolute atomic E-state index is 0.176. The molecule has 0 atom stereocenters. The van der Waals surface area contributed by atoms with E-state index in [1.165, 1.54) is 5.56 Å². The van der Waals surface area contributed by atoms with Gasteiger partial charge in [0.25, 0.3) is 0 Å². The van der Waals surface area contributed by atoms with Gasteiger partial charge >= 0.3 is 6.03 Å². The van der Waals surface area contributed by atoms with Crippen LogP contribution in [-0.4, -0.2) is 18.0 Å². The van der Waals surface area contributed by atoms with E-state index >= 15 is 0 Å². The number of hydrogen-bond donors (Lipinski definition) is 1. The van der Waals surface area contributed by atoms with Gasteiger partial charge in [0.2, 0.25) is 0 Å². The molecule has 0 spiro atoms. The van der Waals surface area contributed by atoms with Crippen molar-refractivity contribution in [3.8, 4) is 6.07 Å². The minimum Gasteiger partial charge on any atom is -0.323 e. The summed E-state index contributed by atoms with van der Waals surface area (Å²) in [5.74, 6) is 0.467. The highest BCUT2D eigenvalue weighted by atomic mass is 16.2. The standard InChI is InChI=1S/C19H21N3O/c1-14(2)17-7-9-18(10-8-17)21-19(23)22(3)13-16-6-4-5-15(11-16)12-20/h4-11,14H,13H2,1-3H3,(H,21,23). The summed E-state index contributed by atoms with van der Waals surface area (Å²) in [6.45, 7) is 4.72. The summed E-state index contributed by atoms with van der Waals surface area (Å²) in [6, 6.07) is 17.1. The predicted octanol–water partition coefficient (Wildman–Crippen LogP) is 4.35. The van der Waals surface area contributed by atoms with E-state index in [0.717, 1.165) is 11.3 Å². The number of nitrogens with zero attached hydrogens (tertiary/aromatic N) is 2. The van der Waals surface area contributed by atoms with E-state index in [0.29, 0.717) is 18.0 Å². The molecule has 0 aliphatic carbocycles. The molecular formula is C19H21N3O. The largest absolute Gasteiger partial charge is 0.323 e. The van der Waals surface area contributed by atoms with Crippen LogP contribution in [0.3, 0.4) is 0 Å². The Kier molecular flexibility index (Phi) is 5.37. The highest BCUT2D eigenvalue weighted by molar-refractivity contribution is 5.89. The number of hydrogen-bond acceptors (Lipinski definition) is 2. The van der Waals surface area contributed by atoms with Gasteiger partial charge in [0, 0.05) is 19.3 Å². The molecule has 23 heavy (non-hydrogen) atoms. The number of urea groups is 1. The Morgan fingerprint density at radius 3 is 2.52 bits per heavy atom. The summed E-state index contributed by atoms with van der Waals surface area (Å²) in [5.41, 5.74) is 3.54. The van der Waals surface area contributed by atoms with Crippen molar-refractivity contribution in [3.05, 3.63) is 65.2 Å². The molecule has 1 N–H and O–H groups in total. The van der Waals surface area contributed by atoms with Crippen LogP contribution in [0, 0.1) is 11.3 Å². The molecule has 0 heterocycles. The van der Waals surface area contributed by atoms with Crippen LogP contribution >= 0.6 is 0 Å². The molecule has 0 unspecified atom stereocenters. The highest BCUT2D eigenvalue weighted by Gasteiger charge is 2.10. The van der Waals surface area contributed by atoms with Crippen LogP contribution < -0.4 is 5.32 Å². The van der Waals surface area contributed by atoms with Gasteiger partial charge in [-0.05, 0) is 41.3 Å². The molecule has 2 rings (SSSR count). The number of nitrogens with one attached hydrogen (secondary N) is 1. The number of nitriles is 1. The molecule has 0 aromatic heterocycles. The van der Waals surface area contributed by atoms with Crippen LogP contribution in [0.2, 0.25) is 0 Å². The van der Waals surface area contributed by atoms with Crippen LogP contribution in [0.25, 0.3) is 0 Å². The number of carbonyl (C=O) groups excluding carboxylic acids is 1. The number of anilines is 1. The normalized spacial score (nSPS) is 10.2. The van der Waals surface area contributed by atoms with Crippen molar-refractivity contribution in [3.63, 3.8) is 0 Å².